The quantitative estimate of drug-likeness (QED) is 0.361. The predicted octanol–water partition coefficient (Wildman–Crippen LogP) is 0.931. The van der Waals surface area contributed by atoms with Crippen molar-refractivity contribution >= 4 is 16.1 Å². The molecule has 5 N–H and O–H groups in total. The molecule has 0 spiro atoms. The molecule has 0 bridgehead atoms. The van der Waals surface area contributed by atoms with Crippen LogP contribution in [0, 0.1) is 5.92 Å². The van der Waals surface area contributed by atoms with Crippen LogP contribution in [0.3, 0.4) is 0 Å². The fraction of sp³-hybridized carbons (Fsp3) is 0.727. The van der Waals surface area contributed by atoms with Gasteiger partial charge in [-0.15, -0.1) is 0 Å². The molecule has 0 saturated carbocycles. The lowest BCUT2D eigenvalue weighted by atomic mass is 9.99. The Balaban J connectivity index is 0. The molecule has 0 radical (unpaired) electrons. The first kappa shape index (κ1) is 20.4. The van der Waals surface area contributed by atoms with Crippen molar-refractivity contribution in [2.75, 3.05) is 6.61 Å². The molecule has 0 rings (SSSR count). The number of rotatable bonds is 7. The van der Waals surface area contributed by atoms with Gasteiger partial charge in [0, 0.05) is 18.1 Å². The van der Waals surface area contributed by atoms with E-state index in [1.807, 2.05) is 0 Å². The van der Waals surface area contributed by atoms with Gasteiger partial charge in [-0.3, -0.25) is 4.55 Å². The molecule has 0 heterocycles. The monoisotopic (exact) mass is 297 g/mol. The molecule has 0 aromatic rings. The summed E-state index contributed by atoms with van der Waals surface area (Å²) in [6.45, 7) is 7.58. The summed E-state index contributed by atoms with van der Waals surface area (Å²) in [5.74, 6) is -1.26. The fourth-order valence-corrected chi connectivity index (χ4v) is 2.66. The molecule has 0 aromatic heterocycles. The van der Waals surface area contributed by atoms with Gasteiger partial charge in [-0.25, -0.2) is 4.79 Å². The summed E-state index contributed by atoms with van der Waals surface area (Å²) in [5, 5.41) is 7.63. The van der Waals surface area contributed by atoms with Crippen LogP contribution in [0.4, 0.5) is 0 Å². The van der Waals surface area contributed by atoms with Crippen molar-refractivity contribution in [2.24, 2.45) is 5.92 Å². The summed E-state index contributed by atoms with van der Waals surface area (Å²) >= 11 is 0. The lowest BCUT2D eigenvalue weighted by Gasteiger charge is -2.26. The SMILES string of the molecule is C=C(C)C(=O)OC(C)C(C)C(CCO)S(=O)(=O)O.N. The molecule has 0 saturated heterocycles. The van der Waals surface area contributed by atoms with Gasteiger partial charge in [-0.05, 0) is 20.3 Å². The molecule has 8 heteroatoms. The van der Waals surface area contributed by atoms with Crippen LogP contribution in [0.25, 0.3) is 0 Å². The first-order valence-electron chi connectivity index (χ1n) is 5.54. The van der Waals surface area contributed by atoms with Crippen molar-refractivity contribution in [2.45, 2.75) is 38.5 Å². The zero-order chi connectivity index (χ0) is 14.5. The van der Waals surface area contributed by atoms with E-state index in [0.717, 1.165) is 0 Å². The van der Waals surface area contributed by atoms with E-state index in [9.17, 15) is 13.2 Å². The highest BCUT2D eigenvalue weighted by Gasteiger charge is 2.33. The van der Waals surface area contributed by atoms with Gasteiger partial charge in [-0.1, -0.05) is 13.5 Å². The number of aliphatic hydroxyl groups excluding tert-OH is 1. The molecular weight excluding hydrogens is 274 g/mol. The van der Waals surface area contributed by atoms with E-state index in [2.05, 4.69) is 6.58 Å². The highest BCUT2D eigenvalue weighted by Crippen LogP contribution is 2.21. The third-order valence-corrected chi connectivity index (χ3v) is 4.19. The third kappa shape index (κ3) is 6.67. The van der Waals surface area contributed by atoms with Crippen LogP contribution in [0.2, 0.25) is 0 Å². The van der Waals surface area contributed by atoms with Gasteiger partial charge in [0.15, 0.2) is 0 Å². The second-order valence-electron chi connectivity index (χ2n) is 4.32. The Bertz CT molecular complexity index is 405. The third-order valence-electron chi connectivity index (χ3n) is 2.76. The second-order valence-corrected chi connectivity index (χ2v) is 5.95. The Hall–Kier alpha value is -0.960. The van der Waals surface area contributed by atoms with Gasteiger partial charge in [0.2, 0.25) is 0 Å². The highest BCUT2D eigenvalue weighted by molar-refractivity contribution is 7.86. The van der Waals surface area contributed by atoms with Crippen molar-refractivity contribution in [3.63, 3.8) is 0 Å². The van der Waals surface area contributed by atoms with Crippen molar-refractivity contribution in [1.29, 1.82) is 0 Å². The van der Waals surface area contributed by atoms with E-state index < -0.39 is 33.4 Å². The van der Waals surface area contributed by atoms with Crippen molar-refractivity contribution in [3.05, 3.63) is 12.2 Å². The summed E-state index contributed by atoms with van der Waals surface area (Å²) in [6, 6.07) is 0. The highest BCUT2D eigenvalue weighted by atomic mass is 32.2. The Kier molecular flexibility index (Phi) is 8.85. The minimum absolute atomic E-state index is 0. The van der Waals surface area contributed by atoms with Crippen molar-refractivity contribution < 1.29 is 27.6 Å². The van der Waals surface area contributed by atoms with E-state index in [1.165, 1.54) is 20.8 Å². The molecule has 114 valence electrons. The zero-order valence-electron chi connectivity index (χ0n) is 11.5. The van der Waals surface area contributed by atoms with Crippen LogP contribution >= 0.6 is 0 Å². The summed E-state index contributed by atoms with van der Waals surface area (Å²) in [7, 11) is -4.30. The van der Waals surface area contributed by atoms with Gasteiger partial charge >= 0.3 is 5.97 Å². The lowest BCUT2D eigenvalue weighted by Crippen LogP contribution is -2.37. The molecule has 0 aromatic carbocycles. The van der Waals surface area contributed by atoms with Gasteiger partial charge in [-0.2, -0.15) is 8.42 Å². The van der Waals surface area contributed by atoms with Crippen molar-refractivity contribution in [1.82, 2.24) is 6.15 Å². The molecule has 0 fully saturated rings. The number of esters is 1. The van der Waals surface area contributed by atoms with Crippen LogP contribution in [0.5, 0.6) is 0 Å². The molecular formula is C11H23NO6S. The maximum atomic E-state index is 11.3. The van der Waals surface area contributed by atoms with E-state index in [0.29, 0.717) is 0 Å². The number of carbonyl (C=O) groups excluding carboxylic acids is 1. The summed E-state index contributed by atoms with van der Waals surface area (Å²) in [4.78, 5) is 11.3. The Morgan fingerprint density at radius 1 is 1.37 bits per heavy atom. The van der Waals surface area contributed by atoms with Gasteiger partial charge in [0.05, 0.1) is 5.25 Å². The Labute approximate surface area is 114 Å². The summed E-state index contributed by atoms with van der Waals surface area (Å²) < 4.78 is 36.4. The predicted molar refractivity (Wildman–Crippen MR) is 71.6 cm³/mol. The van der Waals surface area contributed by atoms with Gasteiger partial charge < -0.3 is 16.0 Å². The molecule has 0 aliphatic carbocycles. The average molecular weight is 297 g/mol. The Morgan fingerprint density at radius 2 is 1.84 bits per heavy atom. The van der Waals surface area contributed by atoms with Crippen LogP contribution < -0.4 is 6.15 Å². The largest absolute Gasteiger partial charge is 0.459 e. The molecule has 3 atom stereocenters. The minimum atomic E-state index is -4.30. The number of aliphatic hydroxyl groups is 1. The standard InChI is InChI=1S/C11H20O6S.H3N/c1-7(2)11(13)17-9(4)8(3)10(5-6-12)18(14,15)16;/h8-10,12H,1,5-6H2,2-4H3,(H,14,15,16);1H3. The van der Waals surface area contributed by atoms with Crippen LogP contribution in [0.1, 0.15) is 27.2 Å². The molecule has 0 aliphatic heterocycles. The normalized spacial score (nSPS) is 15.8. The molecule has 0 aliphatic rings. The van der Waals surface area contributed by atoms with Crippen LogP contribution in [-0.2, 0) is 19.6 Å². The summed E-state index contributed by atoms with van der Waals surface area (Å²) in [6.07, 6.45) is -0.831. The second kappa shape index (κ2) is 8.26. The number of carbonyl (C=O) groups is 1. The molecule has 19 heavy (non-hydrogen) atoms. The van der Waals surface area contributed by atoms with Crippen molar-refractivity contribution in [3.8, 4) is 0 Å². The van der Waals surface area contributed by atoms with E-state index in [-0.39, 0.29) is 24.8 Å². The average Bonchev–Trinajstić information content (AvgIpc) is 2.22. The number of hydrogen-bond acceptors (Lipinski definition) is 6. The smallest absolute Gasteiger partial charge is 0.333 e. The topological polar surface area (TPSA) is 136 Å². The van der Waals surface area contributed by atoms with Crippen LogP contribution in [0.15, 0.2) is 12.2 Å². The molecule has 0 amide bonds. The zero-order valence-corrected chi connectivity index (χ0v) is 12.3. The molecule has 3 unspecified atom stereocenters. The van der Waals surface area contributed by atoms with Crippen LogP contribution in [-0.4, -0.2) is 42.0 Å². The summed E-state index contributed by atoms with van der Waals surface area (Å²) in [5.41, 5.74) is 0.208. The first-order valence-corrected chi connectivity index (χ1v) is 7.05. The first-order chi connectivity index (χ1) is 8.11. The maximum absolute atomic E-state index is 11.3. The minimum Gasteiger partial charge on any atom is -0.459 e. The Morgan fingerprint density at radius 3 is 2.16 bits per heavy atom. The van der Waals surface area contributed by atoms with E-state index >= 15 is 0 Å². The fourth-order valence-electron chi connectivity index (χ4n) is 1.49. The van der Waals surface area contributed by atoms with Gasteiger partial charge in [0.25, 0.3) is 10.1 Å². The number of hydrogen-bond donors (Lipinski definition) is 3. The van der Waals surface area contributed by atoms with E-state index in [4.69, 9.17) is 14.4 Å². The van der Waals surface area contributed by atoms with Gasteiger partial charge in [0.1, 0.15) is 6.10 Å². The molecule has 7 nitrogen and oxygen atoms in total. The maximum Gasteiger partial charge on any atom is 0.333 e. The lowest BCUT2D eigenvalue weighted by molar-refractivity contribution is -0.145. The van der Waals surface area contributed by atoms with E-state index in [1.54, 1.807) is 0 Å². The number of ether oxygens (including phenoxy) is 1.